The number of carbonyl (C=O) groups is 1. The molecule has 1 aliphatic rings. The molecule has 0 saturated carbocycles. The number of amides is 1. The Morgan fingerprint density at radius 2 is 2.21 bits per heavy atom. The third-order valence-electron chi connectivity index (χ3n) is 3.87. The first kappa shape index (κ1) is 16.4. The van der Waals surface area contributed by atoms with Crippen LogP contribution in [0.3, 0.4) is 0 Å². The molecule has 1 rings (SSSR count). The van der Waals surface area contributed by atoms with Crippen LogP contribution in [0.2, 0.25) is 0 Å². The van der Waals surface area contributed by atoms with Crippen LogP contribution in [0.15, 0.2) is 0 Å². The van der Waals surface area contributed by atoms with Crippen LogP contribution in [0.1, 0.15) is 34.1 Å². The minimum absolute atomic E-state index is 0.103. The van der Waals surface area contributed by atoms with Crippen LogP contribution in [0.5, 0.6) is 0 Å². The second-order valence-corrected chi connectivity index (χ2v) is 5.95. The summed E-state index contributed by atoms with van der Waals surface area (Å²) in [5, 5.41) is 6.23. The summed E-state index contributed by atoms with van der Waals surface area (Å²) in [5.41, 5.74) is -0.137. The summed E-state index contributed by atoms with van der Waals surface area (Å²) >= 11 is 0. The molecule has 1 fully saturated rings. The topological polar surface area (TPSA) is 53.6 Å². The van der Waals surface area contributed by atoms with E-state index >= 15 is 0 Å². The lowest BCUT2D eigenvalue weighted by Crippen LogP contribution is -2.56. The van der Waals surface area contributed by atoms with Crippen molar-refractivity contribution in [3.05, 3.63) is 0 Å². The zero-order valence-electron chi connectivity index (χ0n) is 13.0. The molecule has 1 saturated heterocycles. The van der Waals surface area contributed by atoms with Crippen molar-refractivity contribution in [3.63, 3.8) is 0 Å². The Balaban J connectivity index is 2.51. The average Bonchev–Trinajstić information content (AvgIpc) is 2.38. The van der Waals surface area contributed by atoms with E-state index in [-0.39, 0.29) is 23.6 Å². The second-order valence-electron chi connectivity index (χ2n) is 5.95. The van der Waals surface area contributed by atoms with E-state index in [1.165, 1.54) is 0 Å². The Morgan fingerprint density at radius 3 is 2.79 bits per heavy atom. The summed E-state index contributed by atoms with van der Waals surface area (Å²) in [6.07, 6.45) is 1.10. The van der Waals surface area contributed by atoms with Gasteiger partial charge in [-0.25, -0.2) is 0 Å². The third-order valence-corrected chi connectivity index (χ3v) is 3.87. The molecule has 1 heterocycles. The molecule has 19 heavy (non-hydrogen) atoms. The molecule has 0 aromatic carbocycles. The van der Waals surface area contributed by atoms with E-state index < -0.39 is 0 Å². The van der Waals surface area contributed by atoms with Crippen LogP contribution < -0.4 is 10.6 Å². The highest BCUT2D eigenvalue weighted by Crippen LogP contribution is 2.12. The van der Waals surface area contributed by atoms with Gasteiger partial charge in [0.1, 0.15) is 0 Å². The minimum atomic E-state index is -0.137. The first-order valence-corrected chi connectivity index (χ1v) is 7.22. The Bertz CT molecular complexity index is 292. The molecule has 0 radical (unpaired) electrons. The normalized spacial score (nSPS) is 23.1. The maximum atomic E-state index is 12.3. The van der Waals surface area contributed by atoms with Crippen LogP contribution in [-0.2, 0) is 9.53 Å². The second kappa shape index (κ2) is 7.22. The van der Waals surface area contributed by atoms with Gasteiger partial charge in [-0.2, -0.15) is 0 Å². The quantitative estimate of drug-likeness (QED) is 0.743. The first-order valence-electron chi connectivity index (χ1n) is 7.22. The van der Waals surface area contributed by atoms with E-state index in [0.29, 0.717) is 6.61 Å². The molecule has 0 aromatic rings. The summed E-state index contributed by atoms with van der Waals surface area (Å²) in [6.45, 7) is 11.3. The van der Waals surface area contributed by atoms with Gasteiger partial charge in [0.05, 0.1) is 18.8 Å². The zero-order valence-corrected chi connectivity index (χ0v) is 13.0. The van der Waals surface area contributed by atoms with Crippen LogP contribution in [0.4, 0.5) is 0 Å². The first-order chi connectivity index (χ1) is 8.89. The predicted molar refractivity (Wildman–Crippen MR) is 77.2 cm³/mol. The highest BCUT2D eigenvalue weighted by molar-refractivity contribution is 5.82. The van der Waals surface area contributed by atoms with Gasteiger partial charge in [0, 0.05) is 25.2 Å². The standard InChI is InChI=1S/C14H29N3O2/c1-6-14(3,4)16-13(18)11(2)17-7-8-19-12(10-17)9-15-5/h11-12,15H,6-10H2,1-5H3,(H,16,18). The highest BCUT2D eigenvalue weighted by atomic mass is 16.5. The molecule has 0 bridgehead atoms. The number of hydrogen-bond acceptors (Lipinski definition) is 4. The summed E-state index contributed by atoms with van der Waals surface area (Å²) < 4.78 is 5.66. The van der Waals surface area contributed by atoms with Crippen molar-refractivity contribution in [2.24, 2.45) is 0 Å². The number of nitrogens with one attached hydrogen (secondary N) is 2. The number of ether oxygens (including phenoxy) is 1. The largest absolute Gasteiger partial charge is 0.374 e. The van der Waals surface area contributed by atoms with Gasteiger partial charge in [0.2, 0.25) is 5.91 Å². The Morgan fingerprint density at radius 1 is 1.53 bits per heavy atom. The van der Waals surface area contributed by atoms with Crippen molar-refractivity contribution in [2.75, 3.05) is 33.3 Å². The Hall–Kier alpha value is -0.650. The van der Waals surface area contributed by atoms with Gasteiger partial charge < -0.3 is 15.4 Å². The summed E-state index contributed by atoms with van der Waals surface area (Å²) in [4.78, 5) is 14.5. The van der Waals surface area contributed by atoms with Gasteiger partial charge in [-0.3, -0.25) is 9.69 Å². The molecule has 5 heteroatoms. The van der Waals surface area contributed by atoms with Crippen molar-refractivity contribution in [1.82, 2.24) is 15.5 Å². The van der Waals surface area contributed by atoms with Crippen LogP contribution in [-0.4, -0.2) is 61.8 Å². The smallest absolute Gasteiger partial charge is 0.237 e. The fourth-order valence-electron chi connectivity index (χ4n) is 2.14. The van der Waals surface area contributed by atoms with E-state index in [9.17, 15) is 4.79 Å². The summed E-state index contributed by atoms with van der Waals surface area (Å²) in [7, 11) is 1.92. The van der Waals surface area contributed by atoms with Crippen molar-refractivity contribution in [2.45, 2.75) is 51.8 Å². The lowest BCUT2D eigenvalue weighted by molar-refractivity contribution is -0.130. The molecule has 0 aliphatic carbocycles. The number of nitrogens with zero attached hydrogens (tertiary/aromatic N) is 1. The number of carbonyl (C=O) groups excluding carboxylic acids is 1. The minimum Gasteiger partial charge on any atom is -0.374 e. The van der Waals surface area contributed by atoms with Crippen molar-refractivity contribution in [1.29, 1.82) is 0 Å². The van der Waals surface area contributed by atoms with Gasteiger partial charge in [-0.05, 0) is 34.2 Å². The van der Waals surface area contributed by atoms with Crippen molar-refractivity contribution < 1.29 is 9.53 Å². The molecule has 2 N–H and O–H groups in total. The molecule has 0 spiro atoms. The summed E-state index contributed by atoms with van der Waals surface area (Å²) in [6, 6.07) is -0.103. The lowest BCUT2D eigenvalue weighted by atomic mass is 10.0. The van der Waals surface area contributed by atoms with Crippen LogP contribution in [0.25, 0.3) is 0 Å². The number of hydrogen-bond donors (Lipinski definition) is 2. The molecule has 5 nitrogen and oxygen atoms in total. The van der Waals surface area contributed by atoms with Crippen LogP contribution >= 0.6 is 0 Å². The van der Waals surface area contributed by atoms with Crippen LogP contribution in [0, 0.1) is 0 Å². The van der Waals surface area contributed by atoms with E-state index in [4.69, 9.17) is 4.74 Å². The number of rotatable bonds is 6. The molecule has 2 atom stereocenters. The third kappa shape index (κ3) is 5.09. The molecule has 1 amide bonds. The van der Waals surface area contributed by atoms with Crippen molar-refractivity contribution in [3.8, 4) is 0 Å². The number of morpholine rings is 1. The van der Waals surface area contributed by atoms with Gasteiger partial charge in [-0.15, -0.1) is 0 Å². The molecule has 0 aromatic heterocycles. The van der Waals surface area contributed by atoms with E-state index in [1.54, 1.807) is 0 Å². The summed E-state index contributed by atoms with van der Waals surface area (Å²) in [5.74, 6) is 0.108. The van der Waals surface area contributed by atoms with Gasteiger partial charge in [-0.1, -0.05) is 6.92 Å². The molecule has 2 unspecified atom stereocenters. The average molecular weight is 271 g/mol. The van der Waals surface area contributed by atoms with E-state index in [2.05, 4.69) is 36.3 Å². The van der Waals surface area contributed by atoms with Gasteiger partial charge in [0.25, 0.3) is 0 Å². The van der Waals surface area contributed by atoms with Gasteiger partial charge in [0.15, 0.2) is 0 Å². The lowest BCUT2D eigenvalue weighted by Gasteiger charge is -2.37. The van der Waals surface area contributed by atoms with E-state index in [1.807, 2.05) is 14.0 Å². The highest BCUT2D eigenvalue weighted by Gasteiger charge is 2.29. The Kier molecular flexibility index (Phi) is 6.23. The molecule has 1 aliphatic heterocycles. The van der Waals surface area contributed by atoms with Crippen molar-refractivity contribution >= 4 is 5.91 Å². The molecular weight excluding hydrogens is 242 g/mol. The van der Waals surface area contributed by atoms with E-state index in [0.717, 1.165) is 26.1 Å². The fraction of sp³-hybridized carbons (Fsp3) is 0.929. The number of likely N-dealkylation sites (N-methyl/N-ethyl adjacent to an activating group) is 1. The predicted octanol–water partition coefficient (Wildman–Crippen LogP) is 0.600. The SMILES string of the molecule is CCC(C)(C)NC(=O)C(C)N1CCOC(CNC)C1. The Labute approximate surface area is 117 Å². The maximum absolute atomic E-state index is 12.3. The monoisotopic (exact) mass is 271 g/mol. The van der Waals surface area contributed by atoms with Gasteiger partial charge >= 0.3 is 0 Å². The fourth-order valence-corrected chi connectivity index (χ4v) is 2.14. The zero-order chi connectivity index (χ0) is 14.5. The molecular formula is C14H29N3O2. The maximum Gasteiger partial charge on any atom is 0.237 e. The molecule has 112 valence electrons.